The first kappa shape index (κ1) is 11.7. The highest BCUT2D eigenvalue weighted by atomic mass is 16.1. The van der Waals surface area contributed by atoms with Gasteiger partial charge in [-0.3, -0.25) is 9.13 Å². The van der Waals surface area contributed by atoms with Gasteiger partial charge >= 0.3 is 5.69 Å². The van der Waals surface area contributed by atoms with Crippen LogP contribution in [0.5, 0.6) is 0 Å². The minimum absolute atomic E-state index is 0.00685. The molecular formula is C14H18N2O. The van der Waals surface area contributed by atoms with E-state index in [-0.39, 0.29) is 5.69 Å². The van der Waals surface area contributed by atoms with Gasteiger partial charge in [-0.2, -0.15) is 0 Å². The Labute approximate surface area is 101 Å². The maximum absolute atomic E-state index is 12.3. The summed E-state index contributed by atoms with van der Waals surface area (Å²) in [5, 5.41) is 0. The maximum atomic E-state index is 12.3. The lowest BCUT2D eigenvalue weighted by molar-refractivity contribution is 0.519. The number of rotatable bonds is 3. The fourth-order valence-electron chi connectivity index (χ4n) is 2.12. The topological polar surface area (TPSA) is 26.9 Å². The molecule has 0 saturated carbocycles. The van der Waals surface area contributed by atoms with Gasteiger partial charge in [0, 0.05) is 12.2 Å². The average Bonchev–Trinajstić information content (AvgIpc) is 2.52. The molecule has 0 unspecified atom stereocenters. The maximum Gasteiger partial charge on any atom is 0.333 e. The van der Waals surface area contributed by atoms with Gasteiger partial charge in [0.2, 0.25) is 0 Å². The zero-order chi connectivity index (χ0) is 12.6. The Kier molecular flexibility index (Phi) is 2.92. The summed E-state index contributed by atoms with van der Waals surface area (Å²) in [5.41, 5.74) is 2.68. The minimum Gasteiger partial charge on any atom is -0.291 e. The molecule has 0 spiro atoms. The largest absolute Gasteiger partial charge is 0.333 e. The molecule has 0 fully saturated rings. The summed E-state index contributed by atoms with van der Waals surface area (Å²) in [6.07, 6.45) is 0. The highest BCUT2D eigenvalue weighted by Gasteiger charge is 2.13. The van der Waals surface area contributed by atoms with Gasteiger partial charge < -0.3 is 0 Å². The van der Waals surface area contributed by atoms with E-state index in [1.165, 1.54) is 0 Å². The van der Waals surface area contributed by atoms with Crippen LogP contribution in [0.4, 0.5) is 0 Å². The van der Waals surface area contributed by atoms with Crippen molar-refractivity contribution < 1.29 is 0 Å². The lowest BCUT2D eigenvalue weighted by atomic mass is 10.2. The molecule has 0 N–H and O–H groups in total. The van der Waals surface area contributed by atoms with Crippen molar-refractivity contribution in [3.05, 3.63) is 41.3 Å². The normalized spacial score (nSPS) is 11.3. The highest BCUT2D eigenvalue weighted by molar-refractivity contribution is 5.79. The van der Waals surface area contributed by atoms with Gasteiger partial charge in [-0.05, 0) is 25.0 Å². The van der Waals surface area contributed by atoms with Crippen LogP contribution in [0.15, 0.2) is 35.6 Å². The molecule has 0 aliphatic heterocycles. The van der Waals surface area contributed by atoms with Gasteiger partial charge in [0.05, 0.1) is 11.0 Å². The van der Waals surface area contributed by atoms with E-state index in [2.05, 4.69) is 20.4 Å². The second-order valence-electron chi connectivity index (χ2n) is 4.85. The van der Waals surface area contributed by atoms with Crippen LogP contribution in [0.25, 0.3) is 16.7 Å². The smallest absolute Gasteiger partial charge is 0.291 e. The van der Waals surface area contributed by atoms with Crippen molar-refractivity contribution in [2.75, 3.05) is 0 Å². The number of fused-ring (bicyclic) bond motifs is 1. The van der Waals surface area contributed by atoms with Crippen molar-refractivity contribution in [1.82, 2.24) is 9.13 Å². The molecule has 3 heteroatoms. The number of para-hydroxylation sites is 2. The lowest BCUT2D eigenvalue weighted by Gasteiger charge is -2.05. The minimum atomic E-state index is 0.00685. The number of nitrogens with zero attached hydrogens (tertiary/aromatic N) is 2. The molecule has 17 heavy (non-hydrogen) atoms. The molecule has 0 aliphatic carbocycles. The number of benzene rings is 1. The van der Waals surface area contributed by atoms with E-state index in [1.807, 2.05) is 35.8 Å². The average molecular weight is 230 g/mol. The van der Waals surface area contributed by atoms with Crippen molar-refractivity contribution >= 4 is 16.7 Å². The summed E-state index contributed by atoms with van der Waals surface area (Å²) in [5.74, 6) is 0.442. The molecule has 90 valence electrons. The molecule has 0 atom stereocenters. The number of aromatic nitrogens is 2. The molecule has 0 saturated heterocycles. The summed E-state index contributed by atoms with van der Waals surface area (Å²) in [6, 6.07) is 7.85. The highest BCUT2D eigenvalue weighted by Crippen LogP contribution is 2.16. The Morgan fingerprint density at radius 3 is 2.41 bits per heavy atom. The van der Waals surface area contributed by atoms with Gasteiger partial charge in [0.1, 0.15) is 0 Å². The van der Waals surface area contributed by atoms with E-state index in [0.717, 1.165) is 23.3 Å². The molecule has 2 aromatic rings. The van der Waals surface area contributed by atoms with Crippen molar-refractivity contribution in [2.45, 2.75) is 27.3 Å². The SMILES string of the molecule is C=C(C)n1c(=O)n(CC(C)C)c2ccccc21. The first-order chi connectivity index (χ1) is 8.02. The van der Waals surface area contributed by atoms with E-state index in [4.69, 9.17) is 0 Å². The van der Waals surface area contributed by atoms with Crippen molar-refractivity contribution in [1.29, 1.82) is 0 Å². The molecule has 0 radical (unpaired) electrons. The summed E-state index contributed by atoms with van der Waals surface area (Å²) < 4.78 is 3.51. The summed E-state index contributed by atoms with van der Waals surface area (Å²) >= 11 is 0. The quantitative estimate of drug-likeness (QED) is 0.796. The van der Waals surface area contributed by atoms with Crippen LogP contribution in [-0.2, 0) is 6.54 Å². The summed E-state index contributed by atoms with van der Waals surface area (Å²) in [6.45, 7) is 10.7. The van der Waals surface area contributed by atoms with Crippen LogP contribution < -0.4 is 5.69 Å². The van der Waals surface area contributed by atoms with Gasteiger partial charge in [-0.15, -0.1) is 0 Å². The molecule has 1 heterocycles. The fraction of sp³-hybridized carbons (Fsp3) is 0.357. The molecule has 1 aromatic heterocycles. The Balaban J connectivity index is 2.80. The molecular weight excluding hydrogens is 212 g/mol. The number of hydrogen-bond donors (Lipinski definition) is 0. The second-order valence-corrected chi connectivity index (χ2v) is 4.85. The number of imidazole rings is 1. The van der Waals surface area contributed by atoms with Gasteiger partial charge in [-0.1, -0.05) is 32.6 Å². The predicted molar refractivity (Wildman–Crippen MR) is 72.0 cm³/mol. The van der Waals surface area contributed by atoms with E-state index in [0.29, 0.717) is 5.92 Å². The third-order valence-corrected chi connectivity index (χ3v) is 2.77. The first-order valence-corrected chi connectivity index (χ1v) is 5.88. The van der Waals surface area contributed by atoms with E-state index in [9.17, 15) is 4.79 Å². The Morgan fingerprint density at radius 1 is 1.29 bits per heavy atom. The third kappa shape index (κ3) is 1.93. The number of allylic oxidation sites excluding steroid dienone is 1. The van der Waals surface area contributed by atoms with E-state index in [1.54, 1.807) is 4.57 Å². The zero-order valence-corrected chi connectivity index (χ0v) is 10.6. The van der Waals surface area contributed by atoms with Crippen LogP contribution in [0.3, 0.4) is 0 Å². The van der Waals surface area contributed by atoms with Crippen molar-refractivity contribution in [2.24, 2.45) is 5.92 Å². The Hall–Kier alpha value is -1.77. The molecule has 3 nitrogen and oxygen atoms in total. The molecule has 2 rings (SSSR count). The zero-order valence-electron chi connectivity index (χ0n) is 10.6. The molecule has 0 amide bonds. The van der Waals surface area contributed by atoms with Gasteiger partial charge in [0.15, 0.2) is 0 Å². The molecule has 0 aliphatic rings. The summed E-state index contributed by atoms with van der Waals surface area (Å²) in [7, 11) is 0. The standard InChI is InChI=1S/C14H18N2O/c1-10(2)9-15-12-7-5-6-8-13(12)16(11(3)4)14(15)17/h5-8,10H,3,9H2,1-2,4H3. The van der Waals surface area contributed by atoms with E-state index >= 15 is 0 Å². The van der Waals surface area contributed by atoms with Crippen molar-refractivity contribution in [3.8, 4) is 0 Å². The fourth-order valence-corrected chi connectivity index (χ4v) is 2.12. The Morgan fingerprint density at radius 2 is 1.88 bits per heavy atom. The third-order valence-electron chi connectivity index (χ3n) is 2.77. The first-order valence-electron chi connectivity index (χ1n) is 5.88. The van der Waals surface area contributed by atoms with Crippen LogP contribution in [0.1, 0.15) is 20.8 Å². The lowest BCUT2D eigenvalue weighted by Crippen LogP contribution is -2.24. The van der Waals surface area contributed by atoms with Crippen LogP contribution in [0, 0.1) is 5.92 Å². The van der Waals surface area contributed by atoms with Crippen molar-refractivity contribution in [3.63, 3.8) is 0 Å². The monoisotopic (exact) mass is 230 g/mol. The number of hydrogen-bond acceptors (Lipinski definition) is 1. The summed E-state index contributed by atoms with van der Waals surface area (Å²) in [4.78, 5) is 12.3. The van der Waals surface area contributed by atoms with Crippen LogP contribution in [-0.4, -0.2) is 9.13 Å². The predicted octanol–water partition coefficient (Wildman–Crippen LogP) is 2.95. The van der Waals surface area contributed by atoms with Crippen LogP contribution in [0.2, 0.25) is 0 Å². The molecule has 1 aromatic carbocycles. The van der Waals surface area contributed by atoms with Gasteiger partial charge in [-0.25, -0.2) is 4.79 Å². The van der Waals surface area contributed by atoms with Gasteiger partial charge in [0.25, 0.3) is 0 Å². The Bertz CT molecular complexity index is 617. The van der Waals surface area contributed by atoms with E-state index < -0.39 is 0 Å². The van der Waals surface area contributed by atoms with Crippen LogP contribution >= 0.6 is 0 Å². The molecule has 0 bridgehead atoms. The second kappa shape index (κ2) is 4.24.